The lowest BCUT2D eigenvalue weighted by atomic mass is 10.1. The molecule has 130 valence electrons. The number of aliphatic hydroxyl groups is 1. The van der Waals surface area contributed by atoms with E-state index >= 15 is 0 Å². The molecule has 0 bridgehead atoms. The zero-order chi connectivity index (χ0) is 18.6. The lowest BCUT2D eigenvalue weighted by Gasteiger charge is -2.13. The van der Waals surface area contributed by atoms with Crippen LogP contribution in [0.5, 0.6) is 0 Å². The number of rotatable bonds is 7. The highest BCUT2D eigenvalue weighted by Gasteiger charge is 2.18. The van der Waals surface area contributed by atoms with Gasteiger partial charge in [-0.3, -0.25) is 25.0 Å². The normalized spacial score (nSPS) is 11.6. The Kier molecular flexibility index (Phi) is 5.25. The zero-order valence-corrected chi connectivity index (χ0v) is 12.8. The quantitative estimate of drug-likeness (QED) is 0.508. The van der Waals surface area contributed by atoms with Crippen LogP contribution in [0.2, 0.25) is 0 Å². The zero-order valence-electron chi connectivity index (χ0n) is 12.8. The molecular formula is C15H14N4O6. The lowest BCUT2D eigenvalue weighted by Crippen LogP contribution is -2.15. The van der Waals surface area contributed by atoms with Gasteiger partial charge >= 0.3 is 0 Å². The summed E-state index contributed by atoms with van der Waals surface area (Å²) in [7, 11) is 0. The van der Waals surface area contributed by atoms with Gasteiger partial charge in [0.05, 0.1) is 16.0 Å². The molecule has 10 heteroatoms. The third kappa shape index (κ3) is 4.26. The standard InChI is InChI=1S/C15H14N4O6/c16-15(21)10-3-6-12(13(7-10)19(24)25)17-8-14(20)9-1-4-11(5-2-9)18(22)23/h1-7,14,17,20H,8H2,(H2,16,21). The van der Waals surface area contributed by atoms with Gasteiger partial charge in [0.25, 0.3) is 11.4 Å². The van der Waals surface area contributed by atoms with Crippen LogP contribution in [-0.2, 0) is 0 Å². The van der Waals surface area contributed by atoms with Crippen molar-refractivity contribution in [2.24, 2.45) is 5.73 Å². The number of anilines is 1. The van der Waals surface area contributed by atoms with E-state index in [0.29, 0.717) is 5.56 Å². The molecule has 0 radical (unpaired) electrons. The molecule has 0 aromatic heterocycles. The number of nitrogens with two attached hydrogens (primary N) is 1. The number of nitro groups is 2. The van der Waals surface area contributed by atoms with Gasteiger partial charge in [-0.05, 0) is 29.8 Å². The summed E-state index contributed by atoms with van der Waals surface area (Å²) in [5, 5.41) is 34.5. The minimum absolute atomic E-state index is 0.00633. The van der Waals surface area contributed by atoms with Gasteiger partial charge in [0.1, 0.15) is 5.69 Å². The molecule has 1 atom stereocenters. The average molecular weight is 346 g/mol. The van der Waals surface area contributed by atoms with Crippen molar-refractivity contribution < 1.29 is 19.7 Å². The second kappa shape index (κ2) is 7.36. The third-order valence-electron chi connectivity index (χ3n) is 3.45. The second-order valence-electron chi connectivity index (χ2n) is 5.10. The maximum atomic E-state index is 11.1. The summed E-state index contributed by atoms with van der Waals surface area (Å²) < 4.78 is 0. The van der Waals surface area contributed by atoms with Crippen molar-refractivity contribution in [1.82, 2.24) is 0 Å². The molecular weight excluding hydrogens is 332 g/mol. The molecule has 0 saturated heterocycles. The molecule has 0 fully saturated rings. The van der Waals surface area contributed by atoms with E-state index in [2.05, 4.69) is 5.32 Å². The van der Waals surface area contributed by atoms with Crippen molar-refractivity contribution in [2.45, 2.75) is 6.10 Å². The molecule has 1 unspecified atom stereocenters. The van der Waals surface area contributed by atoms with Gasteiger partial charge in [-0.2, -0.15) is 0 Å². The first-order valence-corrected chi connectivity index (χ1v) is 7.04. The number of benzene rings is 2. The molecule has 10 nitrogen and oxygen atoms in total. The van der Waals surface area contributed by atoms with Gasteiger partial charge in [0.2, 0.25) is 5.91 Å². The number of carbonyl (C=O) groups is 1. The maximum Gasteiger partial charge on any atom is 0.293 e. The van der Waals surface area contributed by atoms with Crippen LogP contribution < -0.4 is 11.1 Å². The predicted octanol–water partition coefficient (Wildman–Crippen LogP) is 1.75. The maximum absolute atomic E-state index is 11.1. The van der Waals surface area contributed by atoms with E-state index in [-0.39, 0.29) is 29.2 Å². The van der Waals surface area contributed by atoms with Crippen molar-refractivity contribution in [3.05, 3.63) is 73.8 Å². The van der Waals surface area contributed by atoms with E-state index in [1.54, 1.807) is 0 Å². The SMILES string of the molecule is NC(=O)c1ccc(NCC(O)c2ccc([N+](=O)[O-])cc2)c([N+](=O)[O-])c1. The van der Waals surface area contributed by atoms with E-state index in [0.717, 1.165) is 6.07 Å². The smallest absolute Gasteiger partial charge is 0.293 e. The topological polar surface area (TPSA) is 162 Å². The summed E-state index contributed by atoms with van der Waals surface area (Å²) >= 11 is 0. The van der Waals surface area contributed by atoms with E-state index in [1.807, 2.05) is 0 Å². The Balaban J connectivity index is 2.13. The van der Waals surface area contributed by atoms with Gasteiger partial charge in [-0.25, -0.2) is 0 Å². The summed E-state index contributed by atoms with van der Waals surface area (Å²) in [6, 6.07) is 9.00. The van der Waals surface area contributed by atoms with Crippen LogP contribution >= 0.6 is 0 Å². The molecule has 0 heterocycles. The fourth-order valence-electron chi connectivity index (χ4n) is 2.13. The minimum atomic E-state index is -1.05. The first-order valence-electron chi connectivity index (χ1n) is 7.04. The third-order valence-corrected chi connectivity index (χ3v) is 3.45. The van der Waals surface area contributed by atoms with Gasteiger partial charge in [0, 0.05) is 30.3 Å². The van der Waals surface area contributed by atoms with Crippen LogP contribution in [0.15, 0.2) is 42.5 Å². The first kappa shape index (κ1) is 17.8. The summed E-state index contributed by atoms with van der Waals surface area (Å²) in [4.78, 5) is 31.6. The Morgan fingerprint density at radius 2 is 1.76 bits per heavy atom. The Hall–Kier alpha value is -3.53. The monoisotopic (exact) mass is 346 g/mol. The molecule has 0 aliphatic heterocycles. The number of aliphatic hydroxyl groups excluding tert-OH is 1. The van der Waals surface area contributed by atoms with Crippen LogP contribution in [0.25, 0.3) is 0 Å². The number of primary amides is 1. The largest absolute Gasteiger partial charge is 0.387 e. The lowest BCUT2D eigenvalue weighted by molar-refractivity contribution is -0.384. The molecule has 0 aliphatic rings. The Morgan fingerprint density at radius 1 is 1.12 bits per heavy atom. The van der Waals surface area contributed by atoms with Crippen LogP contribution in [-0.4, -0.2) is 27.4 Å². The van der Waals surface area contributed by atoms with Crippen molar-refractivity contribution in [3.8, 4) is 0 Å². The molecule has 2 aromatic rings. The molecule has 1 amide bonds. The van der Waals surface area contributed by atoms with E-state index < -0.39 is 21.9 Å². The number of nitro benzene ring substituents is 2. The molecule has 4 N–H and O–H groups in total. The van der Waals surface area contributed by atoms with Crippen LogP contribution in [0.3, 0.4) is 0 Å². The van der Waals surface area contributed by atoms with Crippen molar-refractivity contribution in [1.29, 1.82) is 0 Å². The number of nitrogens with one attached hydrogen (secondary N) is 1. The van der Waals surface area contributed by atoms with Crippen molar-refractivity contribution in [3.63, 3.8) is 0 Å². The number of hydrogen-bond acceptors (Lipinski definition) is 7. The average Bonchev–Trinajstić information content (AvgIpc) is 2.59. The summed E-state index contributed by atoms with van der Waals surface area (Å²) in [6.45, 7) is -0.0748. The number of carbonyl (C=O) groups excluding carboxylic acids is 1. The fourth-order valence-corrected chi connectivity index (χ4v) is 2.13. The van der Waals surface area contributed by atoms with Gasteiger partial charge in [-0.1, -0.05) is 0 Å². The molecule has 0 saturated carbocycles. The highest BCUT2D eigenvalue weighted by atomic mass is 16.6. The summed E-state index contributed by atoms with van der Waals surface area (Å²) in [6.07, 6.45) is -1.05. The molecule has 25 heavy (non-hydrogen) atoms. The van der Waals surface area contributed by atoms with E-state index in [9.17, 15) is 30.1 Å². The highest BCUT2D eigenvalue weighted by molar-refractivity contribution is 5.94. The van der Waals surface area contributed by atoms with Gasteiger partial charge in [-0.15, -0.1) is 0 Å². The number of non-ortho nitro benzene ring substituents is 1. The van der Waals surface area contributed by atoms with Gasteiger partial charge < -0.3 is 16.2 Å². The summed E-state index contributed by atoms with van der Waals surface area (Å²) in [5.41, 5.74) is 5.14. The highest BCUT2D eigenvalue weighted by Crippen LogP contribution is 2.26. The number of nitrogens with zero attached hydrogens (tertiary/aromatic N) is 2. The second-order valence-corrected chi connectivity index (χ2v) is 5.10. The fraction of sp³-hybridized carbons (Fsp3) is 0.133. The molecule has 2 rings (SSSR count). The number of amides is 1. The summed E-state index contributed by atoms with van der Waals surface area (Å²) in [5.74, 6) is -0.791. The minimum Gasteiger partial charge on any atom is -0.387 e. The van der Waals surface area contributed by atoms with Crippen LogP contribution in [0.4, 0.5) is 17.1 Å². The Labute approximate surface area is 141 Å². The Morgan fingerprint density at radius 3 is 2.28 bits per heavy atom. The Bertz CT molecular complexity index is 821. The molecule has 2 aromatic carbocycles. The first-order chi connectivity index (χ1) is 11.8. The number of hydrogen-bond donors (Lipinski definition) is 3. The molecule has 0 spiro atoms. The predicted molar refractivity (Wildman–Crippen MR) is 88.2 cm³/mol. The van der Waals surface area contributed by atoms with Crippen LogP contribution in [0.1, 0.15) is 22.0 Å². The molecule has 0 aliphatic carbocycles. The van der Waals surface area contributed by atoms with Crippen molar-refractivity contribution >= 4 is 23.0 Å². The van der Waals surface area contributed by atoms with Crippen LogP contribution in [0, 0.1) is 20.2 Å². The van der Waals surface area contributed by atoms with Crippen molar-refractivity contribution in [2.75, 3.05) is 11.9 Å². The van der Waals surface area contributed by atoms with E-state index in [4.69, 9.17) is 5.73 Å². The van der Waals surface area contributed by atoms with E-state index in [1.165, 1.54) is 36.4 Å². The van der Waals surface area contributed by atoms with Gasteiger partial charge in [0.15, 0.2) is 0 Å².